The predicted octanol–water partition coefficient (Wildman–Crippen LogP) is 2.94. The van der Waals surface area contributed by atoms with Gasteiger partial charge in [0.2, 0.25) is 0 Å². The standard InChI is InChI=1S/C17H22O3/c18-15(19)16(12-17(20)8-4-1-5-9-17)10-13-6-2-3-7-14(13)11-16/h2-3,6-7,20H,1,4-5,8-12H2,(H,18,19). The molecule has 2 aliphatic carbocycles. The molecule has 0 aliphatic heterocycles. The van der Waals surface area contributed by atoms with Crippen LogP contribution in [0.3, 0.4) is 0 Å². The van der Waals surface area contributed by atoms with Crippen LogP contribution in [0.5, 0.6) is 0 Å². The van der Waals surface area contributed by atoms with Crippen molar-refractivity contribution in [3.63, 3.8) is 0 Å². The summed E-state index contributed by atoms with van der Waals surface area (Å²) in [4.78, 5) is 11.9. The average molecular weight is 274 g/mol. The van der Waals surface area contributed by atoms with Gasteiger partial charge in [0.25, 0.3) is 0 Å². The minimum absolute atomic E-state index is 0.393. The van der Waals surface area contributed by atoms with Crippen molar-refractivity contribution in [1.82, 2.24) is 0 Å². The molecule has 3 rings (SSSR count). The molecule has 1 aromatic rings. The lowest BCUT2D eigenvalue weighted by atomic mass is 9.70. The highest BCUT2D eigenvalue weighted by Gasteiger charge is 2.49. The Morgan fingerprint density at radius 2 is 1.60 bits per heavy atom. The summed E-state index contributed by atoms with van der Waals surface area (Å²) in [6.45, 7) is 0. The van der Waals surface area contributed by atoms with E-state index in [-0.39, 0.29) is 0 Å². The fourth-order valence-corrected chi connectivity index (χ4v) is 4.06. The zero-order chi connectivity index (χ0) is 14.2. The van der Waals surface area contributed by atoms with E-state index >= 15 is 0 Å². The molecule has 0 unspecified atom stereocenters. The summed E-state index contributed by atoms with van der Waals surface area (Å²) < 4.78 is 0. The quantitative estimate of drug-likeness (QED) is 0.891. The fraction of sp³-hybridized carbons (Fsp3) is 0.588. The Kier molecular flexibility index (Phi) is 3.33. The lowest BCUT2D eigenvalue weighted by molar-refractivity contribution is -0.154. The third kappa shape index (κ3) is 2.35. The van der Waals surface area contributed by atoms with E-state index in [0.29, 0.717) is 19.3 Å². The van der Waals surface area contributed by atoms with Gasteiger partial charge in [0.05, 0.1) is 11.0 Å². The van der Waals surface area contributed by atoms with Crippen molar-refractivity contribution < 1.29 is 15.0 Å². The van der Waals surface area contributed by atoms with Gasteiger partial charge in [-0.05, 0) is 43.2 Å². The van der Waals surface area contributed by atoms with Crippen molar-refractivity contribution in [2.75, 3.05) is 0 Å². The average Bonchev–Trinajstić information content (AvgIpc) is 2.78. The van der Waals surface area contributed by atoms with E-state index in [2.05, 4.69) is 0 Å². The number of aliphatic hydroxyl groups is 1. The van der Waals surface area contributed by atoms with Gasteiger partial charge < -0.3 is 10.2 Å². The maximum absolute atomic E-state index is 11.9. The van der Waals surface area contributed by atoms with E-state index in [4.69, 9.17) is 0 Å². The lowest BCUT2D eigenvalue weighted by Gasteiger charge is -2.38. The van der Waals surface area contributed by atoms with E-state index < -0.39 is 17.0 Å². The molecule has 2 N–H and O–H groups in total. The first-order valence-corrected chi connectivity index (χ1v) is 7.56. The molecule has 0 bridgehead atoms. The Labute approximate surface area is 119 Å². The van der Waals surface area contributed by atoms with Crippen LogP contribution in [-0.4, -0.2) is 21.8 Å². The summed E-state index contributed by atoms with van der Waals surface area (Å²) in [7, 11) is 0. The summed E-state index contributed by atoms with van der Waals surface area (Å²) in [5.41, 5.74) is 0.678. The van der Waals surface area contributed by atoms with Gasteiger partial charge in [0, 0.05) is 0 Å². The van der Waals surface area contributed by atoms with Gasteiger partial charge in [-0.3, -0.25) is 4.79 Å². The molecule has 1 aromatic carbocycles. The zero-order valence-electron chi connectivity index (χ0n) is 11.8. The Morgan fingerprint density at radius 1 is 1.05 bits per heavy atom. The number of carboxylic acids is 1. The molecule has 0 spiro atoms. The Bertz CT molecular complexity index is 490. The Hall–Kier alpha value is -1.35. The van der Waals surface area contributed by atoms with Crippen LogP contribution in [0.15, 0.2) is 24.3 Å². The molecule has 3 nitrogen and oxygen atoms in total. The van der Waals surface area contributed by atoms with Gasteiger partial charge in [0.1, 0.15) is 0 Å². The van der Waals surface area contributed by atoms with E-state index in [1.807, 2.05) is 24.3 Å². The van der Waals surface area contributed by atoms with Crippen molar-refractivity contribution >= 4 is 5.97 Å². The lowest BCUT2D eigenvalue weighted by Crippen LogP contribution is -2.43. The molecule has 0 aromatic heterocycles. The monoisotopic (exact) mass is 274 g/mol. The van der Waals surface area contributed by atoms with Crippen LogP contribution < -0.4 is 0 Å². The minimum atomic E-state index is -0.810. The summed E-state index contributed by atoms with van der Waals surface area (Å²) in [6, 6.07) is 7.97. The number of fused-ring (bicyclic) bond motifs is 1. The number of aliphatic carboxylic acids is 1. The Morgan fingerprint density at radius 3 is 2.10 bits per heavy atom. The van der Waals surface area contributed by atoms with Crippen molar-refractivity contribution in [2.24, 2.45) is 5.41 Å². The van der Waals surface area contributed by atoms with Gasteiger partial charge in [-0.15, -0.1) is 0 Å². The molecule has 0 amide bonds. The number of hydrogen-bond donors (Lipinski definition) is 2. The maximum atomic E-state index is 11.9. The molecule has 2 aliphatic rings. The van der Waals surface area contributed by atoms with Gasteiger partial charge in [-0.25, -0.2) is 0 Å². The number of rotatable bonds is 3. The number of carboxylic acid groups (broad SMARTS) is 1. The molecule has 0 radical (unpaired) electrons. The van der Waals surface area contributed by atoms with Gasteiger partial charge in [-0.1, -0.05) is 43.5 Å². The highest BCUT2D eigenvalue weighted by molar-refractivity contribution is 5.77. The van der Waals surface area contributed by atoms with Gasteiger partial charge >= 0.3 is 5.97 Å². The van der Waals surface area contributed by atoms with Crippen molar-refractivity contribution in [3.05, 3.63) is 35.4 Å². The van der Waals surface area contributed by atoms with Crippen molar-refractivity contribution in [1.29, 1.82) is 0 Å². The van der Waals surface area contributed by atoms with Crippen LogP contribution in [0.4, 0.5) is 0 Å². The zero-order valence-corrected chi connectivity index (χ0v) is 11.8. The van der Waals surface area contributed by atoms with Gasteiger partial charge in [-0.2, -0.15) is 0 Å². The van der Waals surface area contributed by atoms with Crippen molar-refractivity contribution in [3.8, 4) is 0 Å². The molecule has 1 fully saturated rings. The second kappa shape index (κ2) is 4.88. The summed E-state index contributed by atoms with van der Waals surface area (Å²) in [6.07, 6.45) is 6.18. The largest absolute Gasteiger partial charge is 0.481 e. The van der Waals surface area contributed by atoms with Crippen LogP contribution >= 0.6 is 0 Å². The first kappa shape index (κ1) is 13.6. The van der Waals surface area contributed by atoms with Crippen LogP contribution in [0, 0.1) is 5.41 Å². The predicted molar refractivity (Wildman–Crippen MR) is 76.6 cm³/mol. The molecule has 3 heteroatoms. The summed E-state index contributed by atoms with van der Waals surface area (Å²) >= 11 is 0. The number of benzene rings is 1. The molecule has 0 atom stereocenters. The second-order valence-electron chi connectivity index (χ2n) is 6.67. The van der Waals surface area contributed by atoms with Crippen LogP contribution in [0.1, 0.15) is 49.7 Å². The highest BCUT2D eigenvalue weighted by Crippen LogP contribution is 2.46. The molecule has 108 valence electrons. The topological polar surface area (TPSA) is 57.5 Å². The van der Waals surface area contributed by atoms with Crippen LogP contribution in [0.25, 0.3) is 0 Å². The first-order valence-electron chi connectivity index (χ1n) is 7.56. The maximum Gasteiger partial charge on any atom is 0.310 e. The third-order valence-corrected chi connectivity index (χ3v) is 5.08. The van der Waals surface area contributed by atoms with Crippen molar-refractivity contribution in [2.45, 2.75) is 57.0 Å². The summed E-state index contributed by atoms with van der Waals surface area (Å²) in [5, 5.41) is 20.5. The molecular weight excluding hydrogens is 252 g/mol. The van der Waals surface area contributed by atoms with E-state index in [1.165, 1.54) is 0 Å². The van der Waals surface area contributed by atoms with E-state index in [0.717, 1.165) is 43.2 Å². The third-order valence-electron chi connectivity index (χ3n) is 5.08. The minimum Gasteiger partial charge on any atom is -0.481 e. The highest BCUT2D eigenvalue weighted by atomic mass is 16.4. The number of carbonyl (C=O) groups is 1. The fourth-order valence-electron chi connectivity index (χ4n) is 4.06. The molecule has 1 saturated carbocycles. The first-order chi connectivity index (χ1) is 9.53. The molecule has 20 heavy (non-hydrogen) atoms. The smallest absolute Gasteiger partial charge is 0.310 e. The van der Waals surface area contributed by atoms with Gasteiger partial charge in [0.15, 0.2) is 0 Å². The molecule has 0 saturated heterocycles. The number of hydrogen-bond acceptors (Lipinski definition) is 2. The van der Waals surface area contributed by atoms with E-state index in [1.54, 1.807) is 0 Å². The normalized spacial score (nSPS) is 23.2. The van der Waals surface area contributed by atoms with Crippen LogP contribution in [-0.2, 0) is 17.6 Å². The molecular formula is C17H22O3. The van der Waals surface area contributed by atoms with E-state index in [9.17, 15) is 15.0 Å². The summed E-state index contributed by atoms with van der Waals surface area (Å²) in [5.74, 6) is -0.757. The molecule has 0 heterocycles. The SMILES string of the molecule is O=C(O)C1(CC2(O)CCCCC2)Cc2ccccc2C1. The Balaban J connectivity index is 1.86. The van der Waals surface area contributed by atoms with Crippen LogP contribution in [0.2, 0.25) is 0 Å². The second-order valence-corrected chi connectivity index (χ2v) is 6.67.